The Morgan fingerprint density at radius 1 is 1.45 bits per heavy atom. The molecule has 1 spiro atoms. The van der Waals surface area contributed by atoms with Crippen molar-refractivity contribution < 1.29 is 9.47 Å². The summed E-state index contributed by atoms with van der Waals surface area (Å²) in [4.78, 5) is 6.63. The molecule has 2 aliphatic heterocycles. The standard InChI is InChI=1S/C16H24N2O2/c1-19-10-4-14-11-16(20-13-14)5-8-18(9-6-16)15-3-2-7-17-12-15/h2-3,7,12,14H,4-6,8-11,13H2,1H3/t14-/m1/s1. The minimum atomic E-state index is 0.136. The topological polar surface area (TPSA) is 34.6 Å². The van der Waals surface area contributed by atoms with Crippen molar-refractivity contribution in [1.82, 2.24) is 4.98 Å². The van der Waals surface area contributed by atoms with Crippen molar-refractivity contribution in [3.05, 3.63) is 24.5 Å². The molecule has 3 rings (SSSR count). The summed E-state index contributed by atoms with van der Waals surface area (Å²) in [6.45, 7) is 3.91. The quantitative estimate of drug-likeness (QED) is 0.846. The van der Waals surface area contributed by atoms with Crippen molar-refractivity contribution in [1.29, 1.82) is 0 Å². The fourth-order valence-corrected chi connectivity index (χ4v) is 3.47. The lowest BCUT2D eigenvalue weighted by molar-refractivity contribution is -0.0154. The Balaban J connectivity index is 1.54. The zero-order chi connectivity index (χ0) is 13.8. The average molecular weight is 276 g/mol. The van der Waals surface area contributed by atoms with E-state index in [1.165, 1.54) is 12.1 Å². The van der Waals surface area contributed by atoms with Crippen LogP contribution in [0.15, 0.2) is 24.5 Å². The first-order valence-electron chi connectivity index (χ1n) is 7.59. The van der Waals surface area contributed by atoms with Crippen molar-refractivity contribution in [3.63, 3.8) is 0 Å². The van der Waals surface area contributed by atoms with Crippen LogP contribution in [0.4, 0.5) is 5.69 Å². The molecular formula is C16H24N2O2. The monoisotopic (exact) mass is 276 g/mol. The molecule has 2 saturated heterocycles. The molecular weight excluding hydrogens is 252 g/mol. The van der Waals surface area contributed by atoms with Crippen molar-refractivity contribution in [3.8, 4) is 0 Å². The van der Waals surface area contributed by atoms with E-state index in [2.05, 4.69) is 16.0 Å². The number of piperidine rings is 1. The van der Waals surface area contributed by atoms with Gasteiger partial charge in [-0.15, -0.1) is 0 Å². The fraction of sp³-hybridized carbons (Fsp3) is 0.688. The fourth-order valence-electron chi connectivity index (χ4n) is 3.47. The van der Waals surface area contributed by atoms with E-state index >= 15 is 0 Å². The van der Waals surface area contributed by atoms with Crippen LogP contribution in [0.2, 0.25) is 0 Å². The maximum Gasteiger partial charge on any atom is 0.0719 e. The van der Waals surface area contributed by atoms with Gasteiger partial charge in [0, 0.05) is 33.0 Å². The van der Waals surface area contributed by atoms with E-state index in [1.807, 2.05) is 18.5 Å². The summed E-state index contributed by atoms with van der Waals surface area (Å²) in [5.41, 5.74) is 1.37. The Labute approximate surface area is 121 Å². The van der Waals surface area contributed by atoms with Crippen LogP contribution in [-0.4, -0.2) is 44.0 Å². The van der Waals surface area contributed by atoms with E-state index in [1.54, 1.807) is 7.11 Å². The SMILES string of the molecule is COCC[C@H]1COC2(CCN(c3cccnc3)CC2)C1. The molecule has 0 aliphatic carbocycles. The van der Waals surface area contributed by atoms with Gasteiger partial charge < -0.3 is 14.4 Å². The minimum Gasteiger partial charge on any atom is -0.385 e. The zero-order valence-corrected chi connectivity index (χ0v) is 12.3. The summed E-state index contributed by atoms with van der Waals surface area (Å²) < 4.78 is 11.4. The van der Waals surface area contributed by atoms with Crippen molar-refractivity contribution in [2.24, 2.45) is 5.92 Å². The van der Waals surface area contributed by atoms with Gasteiger partial charge >= 0.3 is 0 Å². The largest absolute Gasteiger partial charge is 0.385 e. The van der Waals surface area contributed by atoms with Gasteiger partial charge in [0.05, 0.1) is 24.1 Å². The highest BCUT2D eigenvalue weighted by Crippen LogP contribution is 2.40. The molecule has 1 aromatic heterocycles. The van der Waals surface area contributed by atoms with E-state index < -0.39 is 0 Å². The maximum atomic E-state index is 6.18. The number of anilines is 1. The minimum absolute atomic E-state index is 0.136. The summed E-state index contributed by atoms with van der Waals surface area (Å²) in [7, 11) is 1.78. The van der Waals surface area contributed by atoms with Gasteiger partial charge in [0.15, 0.2) is 0 Å². The van der Waals surface area contributed by atoms with Gasteiger partial charge in [0.2, 0.25) is 0 Å². The summed E-state index contributed by atoms with van der Waals surface area (Å²) in [6, 6.07) is 4.15. The number of aromatic nitrogens is 1. The van der Waals surface area contributed by atoms with Gasteiger partial charge in [-0.1, -0.05) is 0 Å². The van der Waals surface area contributed by atoms with Gasteiger partial charge in [0.25, 0.3) is 0 Å². The molecule has 0 radical (unpaired) electrons. The zero-order valence-electron chi connectivity index (χ0n) is 12.3. The van der Waals surface area contributed by atoms with E-state index in [4.69, 9.17) is 9.47 Å². The van der Waals surface area contributed by atoms with Crippen LogP contribution in [0, 0.1) is 5.92 Å². The molecule has 1 atom stereocenters. The van der Waals surface area contributed by atoms with E-state index in [0.717, 1.165) is 45.6 Å². The van der Waals surface area contributed by atoms with Crippen LogP contribution in [0.1, 0.15) is 25.7 Å². The van der Waals surface area contributed by atoms with Crippen LogP contribution in [0.25, 0.3) is 0 Å². The number of rotatable bonds is 4. The molecule has 0 aromatic carbocycles. The van der Waals surface area contributed by atoms with Crippen molar-refractivity contribution >= 4 is 5.69 Å². The summed E-state index contributed by atoms with van der Waals surface area (Å²) in [6.07, 6.45) is 8.38. The highest BCUT2D eigenvalue weighted by molar-refractivity contribution is 5.44. The van der Waals surface area contributed by atoms with Gasteiger partial charge in [-0.2, -0.15) is 0 Å². The van der Waals surface area contributed by atoms with Crippen molar-refractivity contribution in [2.75, 3.05) is 38.3 Å². The number of methoxy groups -OCH3 is 1. The Morgan fingerprint density at radius 2 is 2.30 bits per heavy atom. The predicted octanol–water partition coefficient (Wildman–Crippen LogP) is 2.49. The molecule has 1 aromatic rings. The molecule has 4 heteroatoms. The Morgan fingerprint density at radius 3 is 3.00 bits per heavy atom. The highest BCUT2D eigenvalue weighted by atomic mass is 16.5. The van der Waals surface area contributed by atoms with Crippen LogP contribution in [-0.2, 0) is 9.47 Å². The second-order valence-corrected chi connectivity index (χ2v) is 6.04. The second-order valence-electron chi connectivity index (χ2n) is 6.04. The highest BCUT2D eigenvalue weighted by Gasteiger charge is 2.42. The number of pyridine rings is 1. The number of ether oxygens (including phenoxy) is 2. The lowest BCUT2D eigenvalue weighted by atomic mass is 9.84. The smallest absolute Gasteiger partial charge is 0.0719 e. The molecule has 3 heterocycles. The molecule has 2 aliphatic rings. The van der Waals surface area contributed by atoms with Gasteiger partial charge in [-0.25, -0.2) is 0 Å². The molecule has 0 unspecified atom stereocenters. The Bertz CT molecular complexity index is 416. The average Bonchev–Trinajstić information content (AvgIpc) is 2.90. The predicted molar refractivity (Wildman–Crippen MR) is 79.0 cm³/mol. The first kappa shape index (κ1) is 13.8. The summed E-state index contributed by atoms with van der Waals surface area (Å²) in [5.74, 6) is 0.680. The number of hydrogen-bond acceptors (Lipinski definition) is 4. The molecule has 0 N–H and O–H groups in total. The lowest BCUT2D eigenvalue weighted by Gasteiger charge is -2.39. The van der Waals surface area contributed by atoms with Crippen LogP contribution < -0.4 is 4.90 Å². The molecule has 0 saturated carbocycles. The Hall–Kier alpha value is -1.13. The molecule has 0 bridgehead atoms. The lowest BCUT2D eigenvalue weighted by Crippen LogP contribution is -2.44. The number of hydrogen-bond donors (Lipinski definition) is 0. The third-order valence-corrected chi connectivity index (χ3v) is 4.70. The molecule has 2 fully saturated rings. The third kappa shape index (κ3) is 2.96. The van der Waals surface area contributed by atoms with Gasteiger partial charge in [0.1, 0.15) is 0 Å². The third-order valence-electron chi connectivity index (χ3n) is 4.70. The van der Waals surface area contributed by atoms with Crippen LogP contribution in [0.3, 0.4) is 0 Å². The maximum absolute atomic E-state index is 6.18. The van der Waals surface area contributed by atoms with Crippen LogP contribution >= 0.6 is 0 Å². The summed E-state index contributed by atoms with van der Waals surface area (Å²) in [5, 5.41) is 0. The van der Waals surface area contributed by atoms with E-state index in [9.17, 15) is 0 Å². The van der Waals surface area contributed by atoms with Crippen molar-refractivity contribution in [2.45, 2.75) is 31.3 Å². The van der Waals surface area contributed by atoms with Gasteiger partial charge in [-0.3, -0.25) is 4.98 Å². The number of nitrogens with zero attached hydrogens (tertiary/aromatic N) is 2. The van der Waals surface area contributed by atoms with E-state index in [0.29, 0.717) is 5.92 Å². The van der Waals surface area contributed by atoms with E-state index in [-0.39, 0.29) is 5.60 Å². The summed E-state index contributed by atoms with van der Waals surface area (Å²) >= 11 is 0. The molecule has 20 heavy (non-hydrogen) atoms. The van der Waals surface area contributed by atoms with Crippen LogP contribution in [0.5, 0.6) is 0 Å². The Kier molecular flexibility index (Phi) is 4.22. The molecule has 110 valence electrons. The molecule has 4 nitrogen and oxygen atoms in total. The van der Waals surface area contributed by atoms with Gasteiger partial charge in [-0.05, 0) is 43.7 Å². The first-order valence-corrected chi connectivity index (χ1v) is 7.59. The molecule has 0 amide bonds. The normalized spacial score (nSPS) is 25.2. The first-order chi connectivity index (χ1) is 9.81. The second kappa shape index (κ2) is 6.10.